The monoisotopic (exact) mass is 212 g/mol. The zero-order valence-corrected chi connectivity index (χ0v) is 8.44. The maximum absolute atomic E-state index is 13.6. The lowest BCUT2D eigenvalue weighted by atomic mass is 9.99. The van der Waals surface area contributed by atoms with E-state index in [1.54, 1.807) is 36.4 Å². The molecule has 2 aromatic rings. The van der Waals surface area contributed by atoms with Gasteiger partial charge in [0, 0.05) is 11.1 Å². The van der Waals surface area contributed by atoms with Gasteiger partial charge < -0.3 is 5.73 Å². The second kappa shape index (κ2) is 4.03. The highest BCUT2D eigenvalue weighted by molar-refractivity contribution is 5.77. The number of nitrogen functional groups attached to an aromatic ring is 1. The van der Waals surface area contributed by atoms with Gasteiger partial charge in [0.05, 0.1) is 11.3 Å². The van der Waals surface area contributed by atoms with Gasteiger partial charge in [-0.25, -0.2) is 4.39 Å². The molecular formula is C13H9FN2. The van der Waals surface area contributed by atoms with E-state index in [0.29, 0.717) is 22.4 Å². The van der Waals surface area contributed by atoms with Crippen LogP contribution in [0.2, 0.25) is 0 Å². The Morgan fingerprint density at radius 2 is 1.69 bits per heavy atom. The van der Waals surface area contributed by atoms with Gasteiger partial charge in [0.15, 0.2) is 0 Å². The number of nitrogens with two attached hydrogens (primary N) is 1. The van der Waals surface area contributed by atoms with Crippen molar-refractivity contribution >= 4 is 5.69 Å². The van der Waals surface area contributed by atoms with Crippen molar-refractivity contribution in [2.24, 2.45) is 0 Å². The number of benzene rings is 2. The van der Waals surface area contributed by atoms with Crippen LogP contribution in [0.1, 0.15) is 5.56 Å². The molecule has 0 bridgehead atoms. The van der Waals surface area contributed by atoms with E-state index in [0.717, 1.165) is 0 Å². The average molecular weight is 212 g/mol. The predicted molar refractivity (Wildman–Crippen MR) is 61.0 cm³/mol. The van der Waals surface area contributed by atoms with Gasteiger partial charge >= 0.3 is 0 Å². The molecule has 16 heavy (non-hydrogen) atoms. The number of halogens is 1. The molecule has 0 amide bonds. The summed E-state index contributed by atoms with van der Waals surface area (Å²) in [4.78, 5) is 0. The Kier molecular flexibility index (Phi) is 2.57. The summed E-state index contributed by atoms with van der Waals surface area (Å²) in [5.74, 6) is -0.357. The summed E-state index contributed by atoms with van der Waals surface area (Å²) in [6.07, 6.45) is 0. The van der Waals surface area contributed by atoms with E-state index in [4.69, 9.17) is 11.0 Å². The third kappa shape index (κ3) is 1.61. The summed E-state index contributed by atoms with van der Waals surface area (Å²) >= 11 is 0. The standard InChI is InChI=1S/C13H9FN2/c14-12-6-2-1-4-10(12)9-5-3-7-13(16)11(9)8-15/h1-7H,16H2. The second-order valence-corrected chi connectivity index (χ2v) is 3.36. The summed E-state index contributed by atoms with van der Waals surface area (Å²) in [6, 6.07) is 13.3. The van der Waals surface area contributed by atoms with E-state index in [9.17, 15) is 4.39 Å². The molecule has 3 heteroatoms. The largest absolute Gasteiger partial charge is 0.398 e. The Labute approximate surface area is 92.8 Å². The molecule has 0 aliphatic rings. The molecule has 0 aliphatic heterocycles. The van der Waals surface area contributed by atoms with Crippen LogP contribution < -0.4 is 5.73 Å². The topological polar surface area (TPSA) is 49.8 Å². The van der Waals surface area contributed by atoms with Gasteiger partial charge in [0.25, 0.3) is 0 Å². The SMILES string of the molecule is N#Cc1c(N)cccc1-c1ccccc1F. The van der Waals surface area contributed by atoms with Crippen LogP contribution in [0.25, 0.3) is 11.1 Å². The first kappa shape index (κ1) is 10.2. The number of rotatable bonds is 1. The van der Waals surface area contributed by atoms with Gasteiger partial charge in [-0.15, -0.1) is 0 Å². The Bertz CT molecular complexity index is 570. The fourth-order valence-electron chi connectivity index (χ4n) is 1.60. The zero-order chi connectivity index (χ0) is 11.5. The second-order valence-electron chi connectivity index (χ2n) is 3.36. The summed E-state index contributed by atoms with van der Waals surface area (Å²) in [5.41, 5.74) is 7.27. The first-order valence-electron chi connectivity index (χ1n) is 4.77. The van der Waals surface area contributed by atoms with Gasteiger partial charge in [-0.05, 0) is 12.1 Å². The van der Waals surface area contributed by atoms with E-state index in [1.807, 2.05) is 6.07 Å². The van der Waals surface area contributed by atoms with Gasteiger partial charge in [-0.3, -0.25) is 0 Å². The molecular weight excluding hydrogens is 203 g/mol. The van der Waals surface area contributed by atoms with E-state index in [-0.39, 0.29) is 5.82 Å². The fourth-order valence-corrected chi connectivity index (χ4v) is 1.60. The highest BCUT2D eigenvalue weighted by atomic mass is 19.1. The van der Waals surface area contributed by atoms with Crippen molar-refractivity contribution in [1.29, 1.82) is 5.26 Å². The van der Waals surface area contributed by atoms with Crippen molar-refractivity contribution in [2.45, 2.75) is 0 Å². The quantitative estimate of drug-likeness (QED) is 0.739. The molecule has 0 radical (unpaired) electrons. The molecule has 2 rings (SSSR count). The number of nitrogens with zero attached hydrogens (tertiary/aromatic N) is 1. The minimum atomic E-state index is -0.357. The van der Waals surface area contributed by atoms with Crippen LogP contribution in [0.5, 0.6) is 0 Å². The highest BCUT2D eigenvalue weighted by Gasteiger charge is 2.10. The molecule has 0 heterocycles. The molecule has 2 aromatic carbocycles. The fraction of sp³-hybridized carbons (Fsp3) is 0. The van der Waals surface area contributed by atoms with Crippen molar-refractivity contribution in [3.05, 3.63) is 53.8 Å². The number of hydrogen-bond acceptors (Lipinski definition) is 2. The third-order valence-corrected chi connectivity index (χ3v) is 2.37. The van der Waals surface area contributed by atoms with Crippen molar-refractivity contribution in [2.75, 3.05) is 5.73 Å². The maximum atomic E-state index is 13.6. The molecule has 2 nitrogen and oxygen atoms in total. The van der Waals surface area contributed by atoms with E-state index < -0.39 is 0 Å². The number of nitriles is 1. The van der Waals surface area contributed by atoms with Crippen molar-refractivity contribution in [3.8, 4) is 17.2 Å². The first-order valence-corrected chi connectivity index (χ1v) is 4.77. The van der Waals surface area contributed by atoms with Crippen molar-refractivity contribution in [3.63, 3.8) is 0 Å². The molecule has 78 valence electrons. The third-order valence-electron chi connectivity index (χ3n) is 2.37. The molecule has 0 saturated carbocycles. The Hall–Kier alpha value is -2.34. The Morgan fingerprint density at radius 3 is 2.38 bits per heavy atom. The molecule has 0 fully saturated rings. The van der Waals surface area contributed by atoms with Crippen molar-refractivity contribution < 1.29 is 4.39 Å². The molecule has 0 aliphatic carbocycles. The minimum Gasteiger partial charge on any atom is -0.398 e. The van der Waals surface area contributed by atoms with Crippen LogP contribution in [0.15, 0.2) is 42.5 Å². The summed E-state index contributed by atoms with van der Waals surface area (Å²) in [6.45, 7) is 0. The van der Waals surface area contributed by atoms with Crippen LogP contribution in [0.4, 0.5) is 10.1 Å². The summed E-state index contributed by atoms with van der Waals surface area (Å²) in [5, 5.41) is 9.00. The maximum Gasteiger partial charge on any atom is 0.131 e. The van der Waals surface area contributed by atoms with Crippen LogP contribution in [0, 0.1) is 17.1 Å². The molecule has 0 atom stereocenters. The van der Waals surface area contributed by atoms with E-state index in [1.165, 1.54) is 6.07 Å². The molecule has 2 N–H and O–H groups in total. The number of anilines is 1. The molecule has 0 aromatic heterocycles. The molecule has 0 saturated heterocycles. The highest BCUT2D eigenvalue weighted by Crippen LogP contribution is 2.28. The van der Waals surface area contributed by atoms with Crippen LogP contribution >= 0.6 is 0 Å². The predicted octanol–water partition coefficient (Wildman–Crippen LogP) is 2.95. The van der Waals surface area contributed by atoms with E-state index in [2.05, 4.69) is 0 Å². The summed E-state index contributed by atoms with van der Waals surface area (Å²) in [7, 11) is 0. The summed E-state index contributed by atoms with van der Waals surface area (Å²) < 4.78 is 13.6. The van der Waals surface area contributed by atoms with Crippen LogP contribution in [-0.4, -0.2) is 0 Å². The molecule has 0 spiro atoms. The average Bonchev–Trinajstić information content (AvgIpc) is 2.29. The lowest BCUT2D eigenvalue weighted by Gasteiger charge is -2.07. The van der Waals surface area contributed by atoms with Gasteiger partial charge in [-0.2, -0.15) is 5.26 Å². The van der Waals surface area contributed by atoms with Gasteiger partial charge in [-0.1, -0.05) is 30.3 Å². The zero-order valence-electron chi connectivity index (χ0n) is 8.44. The lowest BCUT2D eigenvalue weighted by Crippen LogP contribution is -1.94. The minimum absolute atomic E-state index is 0.313. The number of hydrogen-bond donors (Lipinski definition) is 1. The van der Waals surface area contributed by atoms with Crippen LogP contribution in [0.3, 0.4) is 0 Å². The Morgan fingerprint density at radius 1 is 1.00 bits per heavy atom. The molecule has 0 unspecified atom stereocenters. The van der Waals surface area contributed by atoms with Gasteiger partial charge in [0.1, 0.15) is 11.9 Å². The smallest absolute Gasteiger partial charge is 0.131 e. The Balaban J connectivity index is 2.71. The van der Waals surface area contributed by atoms with Crippen LogP contribution in [-0.2, 0) is 0 Å². The lowest BCUT2D eigenvalue weighted by molar-refractivity contribution is 0.631. The van der Waals surface area contributed by atoms with Gasteiger partial charge in [0.2, 0.25) is 0 Å². The first-order chi connectivity index (χ1) is 7.74. The normalized spacial score (nSPS) is 9.75. The van der Waals surface area contributed by atoms with Crippen molar-refractivity contribution in [1.82, 2.24) is 0 Å². The van der Waals surface area contributed by atoms with E-state index >= 15 is 0 Å².